The molecule has 0 saturated carbocycles. The van der Waals surface area contributed by atoms with Gasteiger partial charge < -0.3 is 19.4 Å². The van der Waals surface area contributed by atoms with Crippen molar-refractivity contribution in [1.29, 1.82) is 0 Å². The molecule has 1 N–H and O–H groups in total. The molecule has 2 aromatic rings. The summed E-state index contributed by atoms with van der Waals surface area (Å²) in [5, 5.41) is 3.19. The van der Waals surface area contributed by atoms with Crippen LogP contribution in [-0.2, 0) is 4.79 Å². The van der Waals surface area contributed by atoms with Crippen LogP contribution in [0, 0.1) is 5.92 Å². The third-order valence-corrected chi connectivity index (χ3v) is 6.44. The number of likely N-dealkylation sites (tertiary alicyclic amines) is 2. The first kappa shape index (κ1) is 21.4. The maximum atomic E-state index is 12.9. The summed E-state index contributed by atoms with van der Waals surface area (Å²) in [6.07, 6.45) is 5.25. The van der Waals surface area contributed by atoms with Crippen molar-refractivity contribution >= 4 is 11.8 Å². The number of ether oxygens (including phenoxy) is 1. The minimum atomic E-state index is -0.0996. The van der Waals surface area contributed by atoms with Crippen LogP contribution in [0.3, 0.4) is 0 Å². The number of methoxy groups -OCH3 is 1. The number of hydrogen-bond donors (Lipinski definition) is 1. The molecule has 2 fully saturated rings. The molecule has 7 heteroatoms. The van der Waals surface area contributed by atoms with E-state index >= 15 is 0 Å². The molecule has 7 nitrogen and oxygen atoms in total. The van der Waals surface area contributed by atoms with Gasteiger partial charge >= 0.3 is 0 Å². The molecule has 2 aliphatic heterocycles. The lowest BCUT2D eigenvalue weighted by molar-refractivity contribution is -0.126. The standard InChI is InChI=1S/C24H31N3O4/c1-30-20-8-6-18(7-9-20)21(26-12-2-3-13-26)17-25-23(28)19-10-14-27(15-11-19)24(29)22-5-4-16-31-22/h4-9,16,19,21H,2-3,10-15,17H2,1H3,(H,25,28)/t21-/m1/s1. The monoisotopic (exact) mass is 425 g/mol. The Kier molecular flexibility index (Phi) is 6.92. The number of hydrogen-bond acceptors (Lipinski definition) is 5. The highest BCUT2D eigenvalue weighted by Crippen LogP contribution is 2.27. The minimum absolute atomic E-state index is 0.0595. The molecule has 31 heavy (non-hydrogen) atoms. The number of carbonyl (C=O) groups excluding carboxylic acids is 2. The van der Waals surface area contributed by atoms with Gasteiger partial charge in [0.1, 0.15) is 5.75 Å². The average Bonchev–Trinajstić information content (AvgIpc) is 3.54. The largest absolute Gasteiger partial charge is 0.497 e. The predicted octanol–water partition coefficient (Wildman–Crippen LogP) is 3.09. The van der Waals surface area contributed by atoms with Crippen LogP contribution in [0.5, 0.6) is 5.75 Å². The van der Waals surface area contributed by atoms with Gasteiger partial charge in [-0.2, -0.15) is 0 Å². The smallest absolute Gasteiger partial charge is 0.289 e. The molecule has 4 rings (SSSR count). The molecule has 0 unspecified atom stereocenters. The molecule has 1 aromatic heterocycles. The quantitative estimate of drug-likeness (QED) is 0.738. The first-order valence-corrected chi connectivity index (χ1v) is 11.1. The maximum Gasteiger partial charge on any atom is 0.289 e. The van der Waals surface area contributed by atoms with E-state index in [2.05, 4.69) is 22.3 Å². The van der Waals surface area contributed by atoms with Crippen LogP contribution in [0.4, 0.5) is 0 Å². The Hall–Kier alpha value is -2.80. The molecule has 0 bridgehead atoms. The number of benzene rings is 1. The zero-order valence-electron chi connectivity index (χ0n) is 18.1. The van der Waals surface area contributed by atoms with Crippen molar-refractivity contribution < 1.29 is 18.7 Å². The summed E-state index contributed by atoms with van der Waals surface area (Å²) in [6.45, 7) is 3.85. The molecule has 0 aliphatic carbocycles. The van der Waals surface area contributed by atoms with Crippen molar-refractivity contribution in [3.05, 3.63) is 54.0 Å². The van der Waals surface area contributed by atoms with E-state index in [0.29, 0.717) is 38.2 Å². The van der Waals surface area contributed by atoms with E-state index in [0.717, 1.165) is 18.8 Å². The van der Waals surface area contributed by atoms with E-state index in [4.69, 9.17) is 9.15 Å². The third-order valence-electron chi connectivity index (χ3n) is 6.44. The SMILES string of the molecule is COc1ccc([C@@H](CNC(=O)C2CCN(C(=O)c3ccco3)CC2)N2CCCC2)cc1. The van der Waals surface area contributed by atoms with E-state index in [1.54, 1.807) is 24.1 Å². The van der Waals surface area contributed by atoms with Gasteiger partial charge in [0, 0.05) is 25.6 Å². The normalized spacial score (nSPS) is 18.7. The van der Waals surface area contributed by atoms with Gasteiger partial charge in [-0.3, -0.25) is 14.5 Å². The van der Waals surface area contributed by atoms with Crippen LogP contribution >= 0.6 is 0 Å². The second kappa shape index (κ2) is 10.0. The Morgan fingerprint density at radius 2 is 1.81 bits per heavy atom. The average molecular weight is 426 g/mol. The van der Waals surface area contributed by atoms with Gasteiger partial charge in [0.15, 0.2) is 5.76 Å². The van der Waals surface area contributed by atoms with Crippen molar-refractivity contribution in [1.82, 2.24) is 15.1 Å². The summed E-state index contributed by atoms with van der Waals surface area (Å²) in [5.74, 6) is 1.12. The van der Waals surface area contributed by atoms with Gasteiger partial charge in [0.2, 0.25) is 5.91 Å². The molecular formula is C24H31N3O4. The lowest BCUT2D eigenvalue weighted by Crippen LogP contribution is -2.44. The highest BCUT2D eigenvalue weighted by Gasteiger charge is 2.30. The van der Waals surface area contributed by atoms with E-state index in [1.807, 2.05) is 12.1 Å². The fourth-order valence-corrected chi connectivity index (χ4v) is 4.58. The number of carbonyl (C=O) groups is 2. The molecule has 0 spiro atoms. The van der Waals surface area contributed by atoms with Gasteiger partial charge in [0.05, 0.1) is 19.4 Å². The molecule has 2 aliphatic rings. The first-order valence-electron chi connectivity index (χ1n) is 11.1. The number of rotatable bonds is 7. The number of nitrogens with zero attached hydrogens (tertiary/aromatic N) is 2. The van der Waals surface area contributed by atoms with Crippen molar-refractivity contribution in [3.8, 4) is 5.75 Å². The van der Waals surface area contributed by atoms with Gasteiger partial charge in [-0.1, -0.05) is 12.1 Å². The zero-order chi connectivity index (χ0) is 21.6. The molecule has 166 valence electrons. The minimum Gasteiger partial charge on any atom is -0.497 e. The van der Waals surface area contributed by atoms with Crippen molar-refractivity contribution in [2.24, 2.45) is 5.92 Å². The van der Waals surface area contributed by atoms with E-state index in [-0.39, 0.29) is 23.8 Å². The molecule has 1 atom stereocenters. The van der Waals surface area contributed by atoms with Crippen molar-refractivity contribution in [3.63, 3.8) is 0 Å². The van der Waals surface area contributed by atoms with Crippen LogP contribution in [0.1, 0.15) is 47.8 Å². The van der Waals surface area contributed by atoms with Crippen LogP contribution < -0.4 is 10.1 Å². The van der Waals surface area contributed by atoms with Gasteiger partial charge in [0.25, 0.3) is 5.91 Å². The summed E-state index contributed by atoms with van der Waals surface area (Å²) < 4.78 is 10.5. The second-order valence-corrected chi connectivity index (χ2v) is 8.32. The summed E-state index contributed by atoms with van der Waals surface area (Å²) in [6, 6.07) is 11.7. The second-order valence-electron chi connectivity index (χ2n) is 8.32. The van der Waals surface area contributed by atoms with Crippen LogP contribution in [-0.4, -0.2) is 61.4 Å². The number of piperidine rings is 1. The summed E-state index contributed by atoms with van der Waals surface area (Å²) in [5.41, 5.74) is 1.20. The Balaban J connectivity index is 1.32. The van der Waals surface area contributed by atoms with E-state index in [9.17, 15) is 9.59 Å². The molecule has 1 aromatic carbocycles. The first-order chi connectivity index (χ1) is 15.2. The highest BCUT2D eigenvalue weighted by atomic mass is 16.5. The fourth-order valence-electron chi connectivity index (χ4n) is 4.58. The molecule has 2 amide bonds. The molecular weight excluding hydrogens is 394 g/mol. The Morgan fingerprint density at radius 3 is 2.42 bits per heavy atom. The summed E-state index contributed by atoms with van der Waals surface area (Å²) in [7, 11) is 1.67. The van der Waals surface area contributed by atoms with Crippen LogP contribution in [0.25, 0.3) is 0 Å². The fraction of sp³-hybridized carbons (Fsp3) is 0.500. The number of amides is 2. The zero-order valence-corrected chi connectivity index (χ0v) is 18.1. The van der Waals surface area contributed by atoms with Crippen LogP contribution in [0.15, 0.2) is 47.1 Å². The van der Waals surface area contributed by atoms with Gasteiger partial charge in [-0.25, -0.2) is 0 Å². The lowest BCUT2D eigenvalue weighted by atomic mass is 9.95. The molecule has 3 heterocycles. The topological polar surface area (TPSA) is 75.0 Å². The third kappa shape index (κ3) is 5.10. The Labute approximate surface area is 183 Å². The number of nitrogens with one attached hydrogen (secondary N) is 1. The Morgan fingerprint density at radius 1 is 1.10 bits per heavy atom. The highest BCUT2D eigenvalue weighted by molar-refractivity contribution is 5.91. The van der Waals surface area contributed by atoms with E-state index in [1.165, 1.54) is 24.7 Å². The van der Waals surface area contributed by atoms with E-state index < -0.39 is 0 Å². The van der Waals surface area contributed by atoms with Gasteiger partial charge in [-0.05, 0) is 68.6 Å². The lowest BCUT2D eigenvalue weighted by Gasteiger charge is -2.32. The maximum absolute atomic E-state index is 12.9. The molecule has 2 saturated heterocycles. The Bertz CT molecular complexity index is 851. The molecule has 0 radical (unpaired) electrons. The summed E-state index contributed by atoms with van der Waals surface area (Å²) >= 11 is 0. The predicted molar refractivity (Wildman–Crippen MR) is 117 cm³/mol. The van der Waals surface area contributed by atoms with Gasteiger partial charge in [-0.15, -0.1) is 0 Å². The van der Waals surface area contributed by atoms with Crippen LogP contribution in [0.2, 0.25) is 0 Å². The summed E-state index contributed by atoms with van der Waals surface area (Å²) in [4.78, 5) is 29.5. The van der Waals surface area contributed by atoms with Crippen molar-refractivity contribution in [2.45, 2.75) is 31.7 Å². The van der Waals surface area contributed by atoms with Crippen molar-refractivity contribution in [2.75, 3.05) is 39.8 Å². The number of furan rings is 1.